The van der Waals surface area contributed by atoms with Gasteiger partial charge in [-0.15, -0.1) is 22.7 Å². The summed E-state index contributed by atoms with van der Waals surface area (Å²) in [5.41, 5.74) is 4.45. The highest BCUT2D eigenvalue weighted by Crippen LogP contribution is 2.51. The van der Waals surface area contributed by atoms with Gasteiger partial charge in [0, 0.05) is 53.9 Å². The van der Waals surface area contributed by atoms with Gasteiger partial charge in [0.25, 0.3) is 0 Å². The van der Waals surface area contributed by atoms with E-state index in [4.69, 9.17) is 0 Å². The quantitative estimate of drug-likeness (QED) is 0.381. The van der Waals surface area contributed by atoms with E-state index in [-0.39, 0.29) is 11.6 Å². The molecule has 0 aliphatic heterocycles. The van der Waals surface area contributed by atoms with Crippen molar-refractivity contribution in [2.45, 2.75) is 25.7 Å². The molecule has 2 unspecified atom stereocenters. The normalized spacial score (nSPS) is 24.4. The van der Waals surface area contributed by atoms with Crippen LogP contribution in [0.4, 0.5) is 0 Å². The third kappa shape index (κ3) is 2.18. The number of hydrogen-bond donors (Lipinski definition) is 0. The second-order valence-corrected chi connectivity index (χ2v) is 10.8. The summed E-state index contributed by atoms with van der Waals surface area (Å²) in [6, 6.07) is 4.36. The Hall–Kier alpha value is -2.56. The first-order chi connectivity index (χ1) is 14.7. The van der Waals surface area contributed by atoms with Crippen molar-refractivity contribution >= 4 is 65.6 Å². The van der Waals surface area contributed by atoms with E-state index >= 15 is 0 Å². The molecular weight excluding hydrogens is 408 g/mol. The van der Waals surface area contributed by atoms with Crippen molar-refractivity contribution < 1.29 is 9.59 Å². The van der Waals surface area contributed by atoms with Crippen LogP contribution in [0.2, 0.25) is 0 Å². The highest BCUT2D eigenvalue weighted by Gasteiger charge is 2.35. The highest BCUT2D eigenvalue weighted by atomic mass is 32.1. The third-order valence-electron chi connectivity index (χ3n) is 6.99. The average molecular weight is 427 g/mol. The number of allylic oxidation sites excluding steroid dienone is 8. The van der Waals surface area contributed by atoms with E-state index in [0.717, 1.165) is 53.9 Å². The van der Waals surface area contributed by atoms with Crippen molar-refractivity contribution in [1.29, 1.82) is 0 Å². The van der Waals surface area contributed by atoms with Crippen LogP contribution in [0.25, 0.3) is 31.3 Å². The molecule has 30 heavy (non-hydrogen) atoms. The first-order valence-electron chi connectivity index (χ1n) is 10.5. The smallest absolute Gasteiger partial charge is 0.165 e. The van der Waals surface area contributed by atoms with Gasteiger partial charge in [-0.1, -0.05) is 36.5 Å². The van der Waals surface area contributed by atoms with Gasteiger partial charge in [0.2, 0.25) is 0 Å². The molecule has 0 spiro atoms. The first kappa shape index (κ1) is 17.2. The molecule has 0 bridgehead atoms. The zero-order valence-electron chi connectivity index (χ0n) is 16.2. The van der Waals surface area contributed by atoms with Crippen LogP contribution in [0.3, 0.4) is 0 Å². The number of Topliss-reactive ketones (excluding diaryl/α,β-unsaturated/α-hetero) is 2. The zero-order valence-corrected chi connectivity index (χ0v) is 17.9. The van der Waals surface area contributed by atoms with Crippen molar-refractivity contribution in [3.8, 4) is 0 Å². The summed E-state index contributed by atoms with van der Waals surface area (Å²) in [5, 5.41) is 2.14. The summed E-state index contributed by atoms with van der Waals surface area (Å²) >= 11 is 3.45. The van der Waals surface area contributed by atoms with Gasteiger partial charge < -0.3 is 0 Å². The molecule has 146 valence electrons. The van der Waals surface area contributed by atoms with Gasteiger partial charge in [0.15, 0.2) is 11.6 Å². The fourth-order valence-corrected chi connectivity index (χ4v) is 8.25. The van der Waals surface area contributed by atoms with E-state index in [9.17, 15) is 9.59 Å². The molecule has 4 aliphatic rings. The van der Waals surface area contributed by atoms with E-state index in [1.807, 2.05) is 0 Å². The molecule has 3 aromatic rings. The van der Waals surface area contributed by atoms with E-state index in [2.05, 4.69) is 48.6 Å². The molecule has 0 fully saturated rings. The Morgan fingerprint density at radius 3 is 1.63 bits per heavy atom. The lowest BCUT2D eigenvalue weighted by Gasteiger charge is -2.25. The van der Waals surface area contributed by atoms with Gasteiger partial charge in [-0.2, -0.15) is 0 Å². The van der Waals surface area contributed by atoms with Crippen molar-refractivity contribution in [2.24, 2.45) is 11.8 Å². The lowest BCUT2D eigenvalue weighted by molar-refractivity contribution is 0.0959. The molecule has 0 saturated carbocycles. The number of fused-ring (bicyclic) bond motifs is 10. The van der Waals surface area contributed by atoms with Crippen molar-refractivity contribution in [3.63, 3.8) is 0 Å². The van der Waals surface area contributed by atoms with Crippen molar-refractivity contribution in [3.05, 3.63) is 69.5 Å². The molecule has 4 aliphatic carbocycles. The number of rotatable bonds is 0. The molecule has 7 rings (SSSR count). The second kappa shape index (κ2) is 5.99. The van der Waals surface area contributed by atoms with Gasteiger partial charge >= 0.3 is 0 Å². The van der Waals surface area contributed by atoms with Crippen LogP contribution >= 0.6 is 22.7 Å². The summed E-state index contributed by atoms with van der Waals surface area (Å²) in [5.74, 6) is 1.18. The van der Waals surface area contributed by atoms with E-state index in [1.54, 1.807) is 22.7 Å². The van der Waals surface area contributed by atoms with Gasteiger partial charge in [0.1, 0.15) is 0 Å². The number of carbonyl (C=O) groups excluding carboxylic acids is 2. The summed E-state index contributed by atoms with van der Waals surface area (Å²) in [4.78, 5) is 28.4. The van der Waals surface area contributed by atoms with Crippen LogP contribution in [-0.4, -0.2) is 11.6 Å². The monoisotopic (exact) mass is 426 g/mol. The van der Waals surface area contributed by atoms with Gasteiger partial charge in [0.05, 0.1) is 0 Å². The fraction of sp³-hybridized carbons (Fsp3) is 0.231. The molecule has 0 saturated heterocycles. The summed E-state index contributed by atoms with van der Waals surface area (Å²) in [7, 11) is 0. The molecule has 2 atom stereocenters. The highest BCUT2D eigenvalue weighted by molar-refractivity contribution is 7.22. The van der Waals surface area contributed by atoms with Crippen molar-refractivity contribution in [1.82, 2.24) is 0 Å². The first-order valence-corrected chi connectivity index (χ1v) is 12.2. The molecule has 4 heteroatoms. The Labute approximate surface area is 181 Å². The Bertz CT molecular complexity index is 1330. The van der Waals surface area contributed by atoms with Crippen LogP contribution in [-0.2, 0) is 0 Å². The summed E-state index contributed by atoms with van der Waals surface area (Å²) in [6.45, 7) is 0. The fourth-order valence-electron chi connectivity index (χ4n) is 5.56. The average Bonchev–Trinajstić information content (AvgIpc) is 3.31. The Morgan fingerprint density at radius 1 is 0.700 bits per heavy atom. The Morgan fingerprint density at radius 2 is 1.17 bits per heavy atom. The number of carbonyl (C=O) groups is 2. The van der Waals surface area contributed by atoms with Crippen LogP contribution in [0.5, 0.6) is 0 Å². The van der Waals surface area contributed by atoms with E-state index in [0.29, 0.717) is 24.7 Å². The number of hydrogen-bond acceptors (Lipinski definition) is 4. The van der Waals surface area contributed by atoms with Gasteiger partial charge in [-0.25, -0.2) is 0 Å². The molecule has 0 N–H and O–H groups in total. The number of benzene rings is 1. The zero-order chi connectivity index (χ0) is 20.0. The van der Waals surface area contributed by atoms with Crippen LogP contribution in [0.15, 0.2) is 48.6 Å². The van der Waals surface area contributed by atoms with Crippen LogP contribution in [0, 0.1) is 11.8 Å². The standard InChI is InChI=1S/C26H18O2S2/c27-19-9-13-5-1-3-7-15(13)25-23(19)17-11-22-18(12-21(17)29-25)24-20(28)10-14-6-2-4-8-16(14)26(24)30-22/h1-4,7-8,11-14H,5-6,9-10H2. The summed E-state index contributed by atoms with van der Waals surface area (Å²) in [6.07, 6.45) is 16.0. The van der Waals surface area contributed by atoms with Gasteiger partial charge in [-0.3, -0.25) is 9.59 Å². The molecule has 2 aromatic heterocycles. The molecule has 2 nitrogen and oxygen atoms in total. The maximum atomic E-state index is 13.1. The predicted molar refractivity (Wildman–Crippen MR) is 126 cm³/mol. The lowest BCUT2D eigenvalue weighted by Crippen LogP contribution is -2.18. The van der Waals surface area contributed by atoms with E-state index in [1.165, 1.54) is 11.1 Å². The third-order valence-corrected chi connectivity index (χ3v) is 9.39. The molecule has 0 amide bonds. The number of ketones is 2. The topological polar surface area (TPSA) is 34.1 Å². The Kier molecular flexibility index (Phi) is 3.43. The maximum absolute atomic E-state index is 13.1. The molecule has 2 heterocycles. The minimum absolute atomic E-state index is 0.269. The second-order valence-electron chi connectivity index (χ2n) is 8.68. The van der Waals surface area contributed by atoms with Crippen molar-refractivity contribution in [2.75, 3.05) is 0 Å². The van der Waals surface area contributed by atoms with Crippen LogP contribution in [0.1, 0.15) is 56.2 Å². The largest absolute Gasteiger partial charge is 0.294 e. The lowest BCUT2D eigenvalue weighted by atomic mass is 9.78. The SMILES string of the molecule is O=C1CC2CC=CC=C2c2sc3cc4c5c(sc4cc3c21)C1=CC=CCC1CC5=O. The summed E-state index contributed by atoms with van der Waals surface area (Å²) < 4.78 is 2.26. The van der Waals surface area contributed by atoms with E-state index < -0.39 is 0 Å². The van der Waals surface area contributed by atoms with Crippen LogP contribution < -0.4 is 0 Å². The minimum Gasteiger partial charge on any atom is -0.294 e. The van der Waals surface area contributed by atoms with Gasteiger partial charge in [-0.05, 0) is 48.0 Å². The molecular formula is C26H18O2S2. The maximum Gasteiger partial charge on any atom is 0.165 e. The number of thiophene rings is 2. The predicted octanol–water partition coefficient (Wildman–Crippen LogP) is 7.21. The minimum atomic E-state index is 0.269. The molecule has 0 radical (unpaired) electrons. The molecule has 1 aromatic carbocycles. The Balaban J connectivity index is 1.51.